The Labute approximate surface area is 206 Å². The van der Waals surface area contributed by atoms with Crippen molar-refractivity contribution in [2.45, 2.75) is 132 Å². The Balaban J connectivity index is 1.45. The first-order valence-electron chi connectivity index (χ1n) is 15.0. The van der Waals surface area contributed by atoms with Gasteiger partial charge in [-0.1, -0.05) is 54.9 Å². The SMILES string of the molecule is C[C@H](CCCO)[C@H]1CC[C@]2(C)[C@H]3CC[C@@H]4[C@@]5(C)CCCC(C)(C)[C@@H]5CC[C@@]4(C)[C@]3(C)CC[C@@H]12. The molecule has 0 radical (unpaired) electrons. The van der Waals surface area contributed by atoms with Gasteiger partial charge in [0.05, 0.1) is 0 Å². The highest BCUT2D eigenvalue weighted by Crippen LogP contribution is 2.78. The predicted molar refractivity (Wildman–Crippen MR) is 140 cm³/mol. The van der Waals surface area contributed by atoms with Crippen molar-refractivity contribution >= 4 is 0 Å². The molecule has 0 aliphatic heterocycles. The van der Waals surface area contributed by atoms with E-state index < -0.39 is 0 Å². The molecular formula is C32H56O. The second-order valence-electron chi connectivity index (χ2n) is 15.7. The van der Waals surface area contributed by atoms with Gasteiger partial charge in [0, 0.05) is 6.61 Å². The highest BCUT2D eigenvalue weighted by molar-refractivity contribution is 5.19. The van der Waals surface area contributed by atoms with Gasteiger partial charge in [0.2, 0.25) is 0 Å². The molecule has 5 rings (SSSR count). The fraction of sp³-hybridized carbons (Fsp3) is 1.00. The summed E-state index contributed by atoms with van der Waals surface area (Å²) in [5.74, 6) is 5.43. The Morgan fingerprint density at radius 2 is 1.33 bits per heavy atom. The van der Waals surface area contributed by atoms with Crippen LogP contribution < -0.4 is 0 Å². The minimum atomic E-state index is 0.371. The first kappa shape index (κ1) is 24.6. The van der Waals surface area contributed by atoms with E-state index in [9.17, 15) is 5.11 Å². The van der Waals surface area contributed by atoms with E-state index in [1.807, 2.05) is 0 Å². The van der Waals surface area contributed by atoms with Crippen LogP contribution >= 0.6 is 0 Å². The van der Waals surface area contributed by atoms with E-state index in [2.05, 4.69) is 48.5 Å². The fourth-order valence-electron chi connectivity index (χ4n) is 12.6. The average Bonchev–Trinajstić information content (AvgIpc) is 3.09. The molecule has 5 aliphatic carbocycles. The van der Waals surface area contributed by atoms with E-state index in [0.717, 1.165) is 41.9 Å². The molecule has 0 aromatic rings. The molecule has 0 heterocycles. The Morgan fingerprint density at radius 1 is 0.697 bits per heavy atom. The van der Waals surface area contributed by atoms with Crippen molar-refractivity contribution < 1.29 is 5.11 Å². The van der Waals surface area contributed by atoms with Crippen molar-refractivity contribution in [1.29, 1.82) is 0 Å². The third kappa shape index (κ3) is 3.25. The molecule has 0 amide bonds. The zero-order valence-electron chi connectivity index (χ0n) is 23.3. The first-order chi connectivity index (χ1) is 15.4. The molecule has 0 saturated heterocycles. The zero-order chi connectivity index (χ0) is 23.9. The van der Waals surface area contributed by atoms with Crippen LogP contribution in [-0.2, 0) is 0 Å². The molecule has 0 unspecified atom stereocenters. The summed E-state index contributed by atoms with van der Waals surface area (Å²) in [6.07, 6.45) is 18.5. The van der Waals surface area contributed by atoms with Crippen molar-refractivity contribution in [2.75, 3.05) is 6.61 Å². The van der Waals surface area contributed by atoms with E-state index in [-0.39, 0.29) is 0 Å². The number of hydrogen-bond donors (Lipinski definition) is 1. The first-order valence-corrected chi connectivity index (χ1v) is 15.0. The molecule has 5 fully saturated rings. The minimum absolute atomic E-state index is 0.371. The Kier molecular flexibility index (Phi) is 5.96. The van der Waals surface area contributed by atoms with Crippen LogP contribution in [0.2, 0.25) is 0 Å². The summed E-state index contributed by atoms with van der Waals surface area (Å²) in [6, 6.07) is 0. The molecule has 5 saturated carbocycles. The maximum atomic E-state index is 9.40. The molecule has 0 aromatic heterocycles. The molecule has 190 valence electrons. The van der Waals surface area contributed by atoms with Gasteiger partial charge in [-0.05, 0) is 140 Å². The predicted octanol–water partition coefficient (Wildman–Crippen LogP) is 8.89. The molecule has 33 heavy (non-hydrogen) atoms. The van der Waals surface area contributed by atoms with Crippen LogP contribution in [-0.4, -0.2) is 11.7 Å². The van der Waals surface area contributed by atoms with Crippen molar-refractivity contribution in [3.63, 3.8) is 0 Å². The third-order valence-corrected chi connectivity index (χ3v) is 14.3. The van der Waals surface area contributed by atoms with Gasteiger partial charge in [0.15, 0.2) is 0 Å². The summed E-state index contributed by atoms with van der Waals surface area (Å²) < 4.78 is 0. The van der Waals surface area contributed by atoms with Crippen LogP contribution in [0, 0.1) is 62.6 Å². The molecule has 1 nitrogen and oxygen atoms in total. The summed E-state index contributed by atoms with van der Waals surface area (Å²) in [4.78, 5) is 0. The summed E-state index contributed by atoms with van der Waals surface area (Å²) in [5, 5.41) is 9.40. The second-order valence-corrected chi connectivity index (χ2v) is 15.7. The number of rotatable bonds is 4. The number of aliphatic hydroxyl groups excluding tert-OH is 1. The topological polar surface area (TPSA) is 20.2 Å². The van der Waals surface area contributed by atoms with Crippen LogP contribution in [0.1, 0.15) is 132 Å². The monoisotopic (exact) mass is 456 g/mol. The highest BCUT2D eigenvalue weighted by Gasteiger charge is 2.70. The summed E-state index contributed by atoms with van der Waals surface area (Å²) in [7, 11) is 0. The Morgan fingerprint density at radius 3 is 2.00 bits per heavy atom. The number of hydrogen-bond acceptors (Lipinski definition) is 1. The van der Waals surface area contributed by atoms with Crippen LogP contribution in [0.15, 0.2) is 0 Å². The molecule has 10 atom stereocenters. The van der Waals surface area contributed by atoms with Gasteiger partial charge < -0.3 is 5.11 Å². The van der Waals surface area contributed by atoms with Crippen LogP contribution in [0.5, 0.6) is 0 Å². The third-order valence-electron chi connectivity index (χ3n) is 14.3. The Hall–Kier alpha value is -0.0400. The Bertz CT molecular complexity index is 741. The summed E-state index contributed by atoms with van der Waals surface area (Å²) in [5.41, 5.74) is 2.72. The largest absolute Gasteiger partial charge is 0.396 e. The summed E-state index contributed by atoms with van der Waals surface area (Å²) >= 11 is 0. The quantitative estimate of drug-likeness (QED) is 0.448. The molecule has 0 bridgehead atoms. The van der Waals surface area contributed by atoms with Crippen molar-refractivity contribution in [3.05, 3.63) is 0 Å². The van der Waals surface area contributed by atoms with Gasteiger partial charge in [-0.3, -0.25) is 0 Å². The van der Waals surface area contributed by atoms with Crippen molar-refractivity contribution in [1.82, 2.24) is 0 Å². The lowest BCUT2D eigenvalue weighted by Gasteiger charge is -2.73. The fourth-order valence-corrected chi connectivity index (χ4v) is 12.6. The van der Waals surface area contributed by atoms with E-state index >= 15 is 0 Å². The highest BCUT2D eigenvalue weighted by atomic mass is 16.2. The lowest BCUT2D eigenvalue weighted by Crippen LogP contribution is -2.65. The minimum Gasteiger partial charge on any atom is -0.396 e. The van der Waals surface area contributed by atoms with Crippen LogP contribution in [0.3, 0.4) is 0 Å². The van der Waals surface area contributed by atoms with E-state index in [4.69, 9.17) is 0 Å². The van der Waals surface area contributed by atoms with Crippen molar-refractivity contribution in [3.8, 4) is 0 Å². The normalized spacial score (nSPS) is 54.0. The zero-order valence-corrected chi connectivity index (χ0v) is 23.3. The number of aliphatic hydroxyl groups is 1. The standard InChI is InChI=1S/C32H56O/c1-22(10-8-21-33)23-13-18-29(4)24(23)14-19-31(6)26(29)11-12-27-30(5)17-9-16-28(2,3)25(30)15-20-32(27,31)7/h22-27,33H,8-21H2,1-7H3/t22-,23-,24+,25+,26-,27-,29+,30+,31-,32-/m1/s1. The van der Waals surface area contributed by atoms with E-state index in [1.54, 1.807) is 0 Å². The average molecular weight is 457 g/mol. The van der Waals surface area contributed by atoms with Gasteiger partial charge in [0.25, 0.3) is 0 Å². The second kappa shape index (κ2) is 7.98. The summed E-state index contributed by atoms with van der Waals surface area (Å²) in [6.45, 7) is 19.2. The maximum Gasteiger partial charge on any atom is 0.0431 e. The molecular weight excluding hydrogens is 400 g/mol. The van der Waals surface area contributed by atoms with Gasteiger partial charge in [-0.2, -0.15) is 0 Å². The van der Waals surface area contributed by atoms with Gasteiger partial charge in [0.1, 0.15) is 0 Å². The van der Waals surface area contributed by atoms with Crippen LogP contribution in [0.4, 0.5) is 0 Å². The smallest absolute Gasteiger partial charge is 0.0431 e. The van der Waals surface area contributed by atoms with Gasteiger partial charge >= 0.3 is 0 Å². The molecule has 1 heteroatoms. The lowest BCUT2D eigenvalue weighted by atomic mass is 9.32. The van der Waals surface area contributed by atoms with Crippen molar-refractivity contribution in [2.24, 2.45) is 62.6 Å². The van der Waals surface area contributed by atoms with Crippen LogP contribution in [0.25, 0.3) is 0 Å². The van der Waals surface area contributed by atoms with E-state index in [1.165, 1.54) is 77.0 Å². The van der Waals surface area contributed by atoms with Gasteiger partial charge in [-0.25, -0.2) is 0 Å². The maximum absolute atomic E-state index is 9.40. The molecule has 0 aromatic carbocycles. The molecule has 5 aliphatic rings. The van der Waals surface area contributed by atoms with E-state index in [0.29, 0.717) is 33.7 Å². The molecule has 1 N–H and O–H groups in total. The molecule has 0 spiro atoms. The number of fused-ring (bicyclic) bond motifs is 7. The lowest BCUT2D eigenvalue weighted by molar-refractivity contribution is -0.241. The van der Waals surface area contributed by atoms with Gasteiger partial charge in [-0.15, -0.1) is 0 Å².